The minimum Gasteiger partial charge on any atom is -0.370 e. The molecule has 0 aliphatic heterocycles. The summed E-state index contributed by atoms with van der Waals surface area (Å²) < 4.78 is 0. The van der Waals surface area contributed by atoms with Gasteiger partial charge in [0, 0.05) is 22.3 Å². The number of nitrogens with two attached hydrogens (primary N) is 1. The number of primary amides is 1. The van der Waals surface area contributed by atoms with E-state index in [9.17, 15) is 14.4 Å². The molecule has 0 unspecified atom stereocenters. The lowest BCUT2D eigenvalue weighted by molar-refractivity contribution is -0.118. The summed E-state index contributed by atoms with van der Waals surface area (Å²) in [5.41, 5.74) is 6.69. The van der Waals surface area contributed by atoms with Crippen molar-refractivity contribution < 1.29 is 9.59 Å². The monoisotopic (exact) mass is 359 g/mol. The molecule has 7 heteroatoms. The first-order chi connectivity index (χ1) is 11.9. The van der Waals surface area contributed by atoms with Gasteiger partial charge in [-0.1, -0.05) is 23.7 Å². The van der Waals surface area contributed by atoms with Crippen molar-refractivity contribution in [1.29, 1.82) is 0 Å². The molecule has 1 aromatic carbocycles. The fourth-order valence-electron chi connectivity index (χ4n) is 2.73. The zero-order chi connectivity index (χ0) is 18.0. The van der Waals surface area contributed by atoms with Gasteiger partial charge in [0.25, 0.3) is 5.91 Å². The highest BCUT2D eigenvalue weighted by atomic mass is 35.5. The van der Waals surface area contributed by atoms with Crippen LogP contribution in [0.5, 0.6) is 0 Å². The van der Waals surface area contributed by atoms with E-state index in [4.69, 9.17) is 17.3 Å². The van der Waals surface area contributed by atoms with Crippen LogP contribution in [0, 0.1) is 0 Å². The molecule has 0 radical (unpaired) electrons. The third kappa shape index (κ3) is 4.48. The summed E-state index contributed by atoms with van der Waals surface area (Å²) in [6, 6.07) is 9.18. The second kappa shape index (κ2) is 7.11. The van der Waals surface area contributed by atoms with E-state index in [1.54, 1.807) is 30.3 Å². The van der Waals surface area contributed by atoms with Crippen molar-refractivity contribution in [2.45, 2.75) is 31.2 Å². The number of benzene rings is 1. The number of aromatic amines is 1. The maximum Gasteiger partial charge on any atom is 0.252 e. The summed E-state index contributed by atoms with van der Waals surface area (Å²) in [6.45, 7) is 0. The Morgan fingerprint density at radius 2 is 2.04 bits per heavy atom. The second-order valence-corrected chi connectivity index (χ2v) is 6.65. The number of rotatable bonds is 6. The molecule has 1 saturated carbocycles. The molecule has 2 amide bonds. The van der Waals surface area contributed by atoms with Crippen LogP contribution >= 0.6 is 11.6 Å². The van der Waals surface area contributed by atoms with Gasteiger partial charge >= 0.3 is 0 Å². The first-order valence-corrected chi connectivity index (χ1v) is 8.39. The molecule has 1 aromatic heterocycles. The molecule has 6 nitrogen and oxygen atoms in total. The Kier molecular flexibility index (Phi) is 4.90. The topological polar surface area (TPSA) is 105 Å². The van der Waals surface area contributed by atoms with Gasteiger partial charge in [-0.15, -0.1) is 0 Å². The van der Waals surface area contributed by atoms with E-state index in [1.807, 2.05) is 0 Å². The number of H-pyrrole nitrogens is 1. The first-order valence-electron chi connectivity index (χ1n) is 8.01. The van der Waals surface area contributed by atoms with E-state index < -0.39 is 17.9 Å². The van der Waals surface area contributed by atoms with Crippen LogP contribution in [0.25, 0.3) is 0 Å². The Bertz CT molecular complexity index is 874. The zero-order valence-electron chi connectivity index (χ0n) is 13.4. The van der Waals surface area contributed by atoms with Crippen molar-refractivity contribution in [1.82, 2.24) is 10.3 Å². The minimum atomic E-state index is -0.618. The van der Waals surface area contributed by atoms with Crippen molar-refractivity contribution >= 4 is 23.4 Å². The van der Waals surface area contributed by atoms with E-state index in [0.29, 0.717) is 16.5 Å². The normalized spacial score (nSPS) is 14.8. The Balaban J connectivity index is 1.85. The zero-order valence-corrected chi connectivity index (χ0v) is 14.2. The molecule has 3 rings (SSSR count). The average molecular weight is 360 g/mol. The van der Waals surface area contributed by atoms with Crippen LogP contribution in [-0.4, -0.2) is 16.8 Å². The van der Waals surface area contributed by atoms with Crippen LogP contribution in [-0.2, 0) is 4.79 Å². The number of carbonyl (C=O) groups excluding carboxylic acids is 2. The molecule has 25 heavy (non-hydrogen) atoms. The SMILES string of the molecule is NC(=O)C[C@@H](NC(=O)c1cc(C2CC2)[nH]c(=O)c1)c1cccc(Cl)c1. The van der Waals surface area contributed by atoms with Gasteiger partial charge in [-0.3, -0.25) is 14.4 Å². The maximum atomic E-state index is 12.6. The molecule has 1 aliphatic rings. The Morgan fingerprint density at radius 1 is 1.28 bits per heavy atom. The molecule has 130 valence electrons. The third-order valence-corrected chi connectivity index (χ3v) is 4.34. The fraction of sp³-hybridized carbons (Fsp3) is 0.278. The third-order valence-electron chi connectivity index (χ3n) is 4.11. The van der Waals surface area contributed by atoms with Gasteiger partial charge in [0.2, 0.25) is 11.5 Å². The summed E-state index contributed by atoms with van der Waals surface area (Å²) in [5, 5.41) is 3.26. The average Bonchev–Trinajstić information content (AvgIpc) is 3.38. The van der Waals surface area contributed by atoms with Crippen molar-refractivity contribution in [3.8, 4) is 0 Å². The van der Waals surface area contributed by atoms with Gasteiger partial charge in [-0.25, -0.2) is 0 Å². The van der Waals surface area contributed by atoms with Crippen LogP contribution in [0.4, 0.5) is 0 Å². The van der Waals surface area contributed by atoms with E-state index in [2.05, 4.69) is 10.3 Å². The molecular formula is C18H18ClN3O3. The number of hydrogen-bond donors (Lipinski definition) is 3. The van der Waals surface area contributed by atoms with E-state index in [0.717, 1.165) is 18.5 Å². The quantitative estimate of drug-likeness (QED) is 0.736. The Labute approximate surface area is 149 Å². The predicted octanol–water partition coefficient (Wildman–Crippen LogP) is 2.25. The predicted molar refractivity (Wildman–Crippen MR) is 94.5 cm³/mol. The van der Waals surface area contributed by atoms with Crippen molar-refractivity contribution in [2.24, 2.45) is 5.73 Å². The van der Waals surface area contributed by atoms with Gasteiger partial charge in [0.1, 0.15) is 0 Å². The van der Waals surface area contributed by atoms with Crippen molar-refractivity contribution in [3.05, 3.63) is 68.6 Å². The minimum absolute atomic E-state index is 0.0647. The molecule has 1 heterocycles. The van der Waals surface area contributed by atoms with E-state index >= 15 is 0 Å². The van der Waals surface area contributed by atoms with Crippen LogP contribution < -0.4 is 16.6 Å². The molecule has 4 N–H and O–H groups in total. The largest absolute Gasteiger partial charge is 0.370 e. The summed E-state index contributed by atoms with van der Waals surface area (Å²) in [7, 11) is 0. The number of hydrogen-bond acceptors (Lipinski definition) is 3. The molecule has 1 atom stereocenters. The number of amides is 2. The molecule has 0 bridgehead atoms. The molecule has 1 fully saturated rings. The molecular weight excluding hydrogens is 342 g/mol. The van der Waals surface area contributed by atoms with Gasteiger partial charge in [-0.05, 0) is 42.5 Å². The van der Waals surface area contributed by atoms with Crippen molar-refractivity contribution in [2.75, 3.05) is 0 Å². The highest BCUT2D eigenvalue weighted by Gasteiger charge is 2.26. The number of nitrogens with one attached hydrogen (secondary N) is 2. The fourth-order valence-corrected chi connectivity index (χ4v) is 2.93. The number of aromatic nitrogens is 1. The van der Waals surface area contributed by atoms with Crippen LogP contribution in [0.1, 0.15) is 52.8 Å². The van der Waals surface area contributed by atoms with Crippen LogP contribution in [0.2, 0.25) is 5.02 Å². The summed E-state index contributed by atoms with van der Waals surface area (Å²) >= 11 is 5.99. The second-order valence-electron chi connectivity index (χ2n) is 6.21. The molecule has 0 spiro atoms. The van der Waals surface area contributed by atoms with E-state index in [-0.39, 0.29) is 17.5 Å². The highest BCUT2D eigenvalue weighted by molar-refractivity contribution is 6.30. The lowest BCUT2D eigenvalue weighted by Gasteiger charge is -2.18. The Hall–Kier alpha value is -2.60. The molecule has 2 aromatic rings. The maximum absolute atomic E-state index is 12.6. The number of carbonyl (C=O) groups is 2. The van der Waals surface area contributed by atoms with Gasteiger partial charge in [0.15, 0.2) is 0 Å². The number of halogens is 1. The van der Waals surface area contributed by atoms with Crippen LogP contribution in [0.15, 0.2) is 41.2 Å². The van der Waals surface area contributed by atoms with Crippen LogP contribution in [0.3, 0.4) is 0 Å². The summed E-state index contributed by atoms with van der Waals surface area (Å²) in [4.78, 5) is 38.5. The standard InChI is InChI=1S/C18H18ClN3O3/c19-13-3-1-2-11(6-13)15(9-16(20)23)22-18(25)12-7-14(10-4-5-10)21-17(24)8-12/h1-3,6-8,10,15H,4-5,9H2,(H2,20,23)(H,21,24)(H,22,25)/t15-/m1/s1. The summed E-state index contributed by atoms with van der Waals surface area (Å²) in [5.74, 6) is -0.663. The van der Waals surface area contributed by atoms with Crippen molar-refractivity contribution in [3.63, 3.8) is 0 Å². The summed E-state index contributed by atoms with van der Waals surface area (Å²) in [6.07, 6.45) is 1.95. The molecule has 0 saturated heterocycles. The highest BCUT2D eigenvalue weighted by Crippen LogP contribution is 2.38. The Morgan fingerprint density at radius 3 is 2.68 bits per heavy atom. The number of pyridine rings is 1. The van der Waals surface area contributed by atoms with Gasteiger partial charge in [0.05, 0.1) is 12.5 Å². The molecule has 1 aliphatic carbocycles. The van der Waals surface area contributed by atoms with E-state index in [1.165, 1.54) is 6.07 Å². The smallest absolute Gasteiger partial charge is 0.252 e. The first kappa shape index (κ1) is 17.2. The van der Waals surface area contributed by atoms with Gasteiger partial charge < -0.3 is 16.0 Å². The lowest BCUT2D eigenvalue weighted by Crippen LogP contribution is -2.32. The van der Waals surface area contributed by atoms with Gasteiger partial charge in [-0.2, -0.15) is 0 Å². The lowest BCUT2D eigenvalue weighted by atomic mass is 10.0.